The molecule has 0 bridgehead atoms. The van der Waals surface area contributed by atoms with Crippen LogP contribution in [-0.4, -0.2) is 0 Å². The first-order valence-corrected chi connectivity index (χ1v) is 4.86. The van der Waals surface area contributed by atoms with Gasteiger partial charge in [-0.15, -0.1) is 11.6 Å². The van der Waals surface area contributed by atoms with Gasteiger partial charge in [0.2, 0.25) is 0 Å². The Hall–Kier alpha value is 0.280. The Labute approximate surface area is 84.6 Å². The van der Waals surface area contributed by atoms with Crippen LogP contribution in [-0.2, 0) is 5.88 Å². The average Bonchev–Trinajstić information content (AvgIpc) is 2.01. The average molecular weight is 254 g/mol. The third-order valence-corrected chi connectivity index (χ3v) is 3.35. The van der Waals surface area contributed by atoms with E-state index in [9.17, 15) is 0 Å². The molecule has 0 unspecified atom stereocenters. The highest BCUT2D eigenvalue weighted by atomic mass is 79.9. The van der Waals surface area contributed by atoms with Crippen LogP contribution in [0.1, 0.15) is 11.1 Å². The maximum Gasteiger partial charge on any atom is 0.0485 e. The van der Waals surface area contributed by atoms with Crippen molar-refractivity contribution in [3.05, 3.63) is 32.8 Å². The third-order valence-electron chi connectivity index (χ3n) is 1.54. The van der Waals surface area contributed by atoms with Crippen molar-refractivity contribution in [3.8, 4) is 0 Å². The smallest absolute Gasteiger partial charge is 0.0485 e. The number of hydrogen-bond acceptors (Lipinski definition) is 0. The van der Waals surface area contributed by atoms with E-state index in [1.165, 1.54) is 0 Å². The summed E-state index contributed by atoms with van der Waals surface area (Å²) in [5.41, 5.74) is 2.12. The van der Waals surface area contributed by atoms with Crippen LogP contribution in [0.15, 0.2) is 16.6 Å². The predicted molar refractivity (Wildman–Crippen MR) is 53.4 cm³/mol. The zero-order valence-electron chi connectivity index (χ0n) is 6.00. The normalized spacial score (nSPS) is 10.2. The Morgan fingerprint density at radius 3 is 2.64 bits per heavy atom. The second kappa shape index (κ2) is 3.79. The monoisotopic (exact) mass is 252 g/mol. The van der Waals surface area contributed by atoms with Crippen molar-refractivity contribution in [2.75, 3.05) is 0 Å². The van der Waals surface area contributed by atoms with E-state index < -0.39 is 0 Å². The maximum absolute atomic E-state index is 5.87. The molecule has 1 rings (SSSR count). The van der Waals surface area contributed by atoms with Gasteiger partial charge in [-0.25, -0.2) is 0 Å². The molecule has 60 valence electrons. The molecule has 0 fully saturated rings. The molecule has 0 amide bonds. The van der Waals surface area contributed by atoms with Crippen molar-refractivity contribution in [2.45, 2.75) is 12.8 Å². The summed E-state index contributed by atoms with van der Waals surface area (Å²) in [5, 5.41) is 0.769. The number of benzene rings is 1. The molecule has 1 aromatic carbocycles. The number of alkyl halides is 1. The fraction of sp³-hybridized carbons (Fsp3) is 0.250. The van der Waals surface area contributed by atoms with Gasteiger partial charge in [0.1, 0.15) is 0 Å². The van der Waals surface area contributed by atoms with Crippen molar-refractivity contribution in [3.63, 3.8) is 0 Å². The summed E-state index contributed by atoms with van der Waals surface area (Å²) in [6.45, 7) is 1.96. The van der Waals surface area contributed by atoms with Crippen LogP contribution in [0.5, 0.6) is 0 Å². The van der Waals surface area contributed by atoms with E-state index in [1.54, 1.807) is 0 Å². The van der Waals surface area contributed by atoms with E-state index in [1.807, 2.05) is 19.1 Å². The molecular weight excluding hydrogens is 247 g/mol. The lowest BCUT2D eigenvalue weighted by molar-refractivity contribution is 1.31. The number of rotatable bonds is 1. The van der Waals surface area contributed by atoms with E-state index >= 15 is 0 Å². The first kappa shape index (κ1) is 9.37. The van der Waals surface area contributed by atoms with Crippen molar-refractivity contribution < 1.29 is 0 Å². The molecule has 0 aliphatic carbocycles. The highest BCUT2D eigenvalue weighted by Crippen LogP contribution is 2.28. The maximum atomic E-state index is 5.87. The first-order valence-electron chi connectivity index (χ1n) is 3.16. The van der Waals surface area contributed by atoms with Crippen LogP contribution in [0.4, 0.5) is 0 Å². The molecule has 0 N–H and O–H groups in total. The second-order valence-corrected chi connectivity index (χ2v) is 3.75. The molecule has 0 aliphatic rings. The molecule has 0 aliphatic heterocycles. The predicted octanol–water partition coefficient (Wildman–Crippen LogP) is 4.15. The molecule has 0 saturated carbocycles. The van der Waals surface area contributed by atoms with Gasteiger partial charge in [0.25, 0.3) is 0 Å². The highest BCUT2D eigenvalue weighted by Gasteiger charge is 2.04. The summed E-state index contributed by atoms with van der Waals surface area (Å²) in [5.74, 6) is 0.512. The molecular formula is C8H7BrCl2. The fourth-order valence-corrected chi connectivity index (χ4v) is 1.96. The minimum absolute atomic E-state index is 0.512. The van der Waals surface area contributed by atoms with Gasteiger partial charge < -0.3 is 0 Å². The van der Waals surface area contributed by atoms with Gasteiger partial charge in [-0.3, -0.25) is 0 Å². The van der Waals surface area contributed by atoms with Crippen LogP contribution in [0.25, 0.3) is 0 Å². The van der Waals surface area contributed by atoms with E-state index in [-0.39, 0.29) is 0 Å². The molecule has 0 spiro atoms. The Bertz CT molecular complexity index is 271. The largest absolute Gasteiger partial charge is 0.122 e. The minimum atomic E-state index is 0.512. The summed E-state index contributed by atoms with van der Waals surface area (Å²) >= 11 is 15.0. The molecule has 0 nitrogen and oxygen atoms in total. The van der Waals surface area contributed by atoms with Crippen LogP contribution in [0.2, 0.25) is 5.02 Å². The van der Waals surface area contributed by atoms with E-state index in [0.29, 0.717) is 5.88 Å². The summed E-state index contributed by atoms with van der Waals surface area (Å²) in [6, 6.07) is 3.78. The van der Waals surface area contributed by atoms with Crippen LogP contribution in [0.3, 0.4) is 0 Å². The lowest BCUT2D eigenvalue weighted by Gasteiger charge is -2.04. The topological polar surface area (TPSA) is 0 Å². The molecule has 0 saturated heterocycles. The summed E-state index contributed by atoms with van der Waals surface area (Å²) < 4.78 is 1.01. The molecule has 1 aromatic rings. The molecule has 3 heteroatoms. The van der Waals surface area contributed by atoms with Gasteiger partial charge in [0.15, 0.2) is 0 Å². The lowest BCUT2D eigenvalue weighted by Crippen LogP contribution is -1.85. The van der Waals surface area contributed by atoms with Crippen molar-refractivity contribution in [1.29, 1.82) is 0 Å². The van der Waals surface area contributed by atoms with Gasteiger partial charge >= 0.3 is 0 Å². The number of hydrogen-bond donors (Lipinski definition) is 0. The third kappa shape index (κ3) is 1.90. The van der Waals surface area contributed by atoms with Crippen LogP contribution >= 0.6 is 39.1 Å². The van der Waals surface area contributed by atoms with Gasteiger partial charge in [-0.1, -0.05) is 33.6 Å². The van der Waals surface area contributed by atoms with Crippen molar-refractivity contribution >= 4 is 39.1 Å². The highest BCUT2D eigenvalue weighted by molar-refractivity contribution is 9.10. The Morgan fingerprint density at radius 1 is 1.45 bits per heavy atom. The Balaban J connectivity index is 3.25. The van der Waals surface area contributed by atoms with Crippen molar-refractivity contribution in [2.24, 2.45) is 0 Å². The van der Waals surface area contributed by atoms with E-state index in [4.69, 9.17) is 23.2 Å². The minimum Gasteiger partial charge on any atom is -0.122 e. The quantitative estimate of drug-likeness (QED) is 0.660. The molecule has 0 atom stereocenters. The molecule has 11 heavy (non-hydrogen) atoms. The summed E-state index contributed by atoms with van der Waals surface area (Å²) in [6.07, 6.45) is 0. The van der Waals surface area contributed by atoms with E-state index in [2.05, 4.69) is 15.9 Å². The molecule has 0 radical (unpaired) electrons. The van der Waals surface area contributed by atoms with Gasteiger partial charge in [-0.05, 0) is 24.1 Å². The summed E-state index contributed by atoms with van der Waals surface area (Å²) in [4.78, 5) is 0. The van der Waals surface area contributed by atoms with Gasteiger partial charge in [-0.2, -0.15) is 0 Å². The summed E-state index contributed by atoms with van der Waals surface area (Å²) in [7, 11) is 0. The molecule has 0 aromatic heterocycles. The number of halogens is 3. The SMILES string of the molecule is Cc1c(Cl)ccc(CCl)c1Br. The van der Waals surface area contributed by atoms with Gasteiger partial charge in [0, 0.05) is 15.4 Å². The standard InChI is InChI=1S/C8H7BrCl2/c1-5-7(11)3-2-6(4-10)8(5)9/h2-3H,4H2,1H3. The van der Waals surface area contributed by atoms with Crippen molar-refractivity contribution in [1.82, 2.24) is 0 Å². The van der Waals surface area contributed by atoms with Gasteiger partial charge in [0.05, 0.1) is 0 Å². The second-order valence-electron chi connectivity index (χ2n) is 2.28. The van der Waals surface area contributed by atoms with E-state index in [0.717, 1.165) is 20.6 Å². The Morgan fingerprint density at radius 2 is 2.09 bits per heavy atom. The lowest BCUT2D eigenvalue weighted by atomic mass is 10.2. The fourth-order valence-electron chi connectivity index (χ4n) is 0.821. The first-order chi connectivity index (χ1) is 5.16. The van der Waals surface area contributed by atoms with Crippen LogP contribution in [0, 0.1) is 6.92 Å². The molecule has 0 heterocycles. The Kier molecular flexibility index (Phi) is 3.23. The zero-order chi connectivity index (χ0) is 8.43. The zero-order valence-corrected chi connectivity index (χ0v) is 9.09. The van der Waals surface area contributed by atoms with Crippen LogP contribution < -0.4 is 0 Å².